The Morgan fingerprint density at radius 3 is 2.75 bits per heavy atom. The molecule has 1 aliphatic rings. The van der Waals surface area contributed by atoms with Gasteiger partial charge in [0.2, 0.25) is 0 Å². The van der Waals surface area contributed by atoms with Gasteiger partial charge in [0.05, 0.1) is 0 Å². The fraction of sp³-hybridized carbons (Fsp3) is 0.600. The summed E-state index contributed by atoms with van der Waals surface area (Å²) in [4.78, 5) is 21.8. The van der Waals surface area contributed by atoms with Crippen molar-refractivity contribution in [3.63, 3.8) is 0 Å². The van der Waals surface area contributed by atoms with E-state index in [0.29, 0.717) is 17.9 Å². The molecule has 0 heterocycles. The molecule has 1 rings (SSSR count). The SMILES string of the molecule is CC(C=O)=C1CC[C@@H](C)CC1=O. The number of hydrogen-bond donors (Lipinski definition) is 0. The molecule has 0 aromatic rings. The molecule has 0 aromatic carbocycles. The lowest BCUT2D eigenvalue weighted by molar-refractivity contribution is -0.117. The van der Waals surface area contributed by atoms with Gasteiger partial charge in [-0.25, -0.2) is 0 Å². The van der Waals surface area contributed by atoms with Crippen molar-refractivity contribution in [2.24, 2.45) is 5.92 Å². The molecule has 0 aliphatic heterocycles. The van der Waals surface area contributed by atoms with Crippen molar-refractivity contribution >= 4 is 12.1 Å². The van der Waals surface area contributed by atoms with Gasteiger partial charge in [-0.15, -0.1) is 0 Å². The zero-order valence-corrected chi connectivity index (χ0v) is 7.59. The Morgan fingerprint density at radius 2 is 2.25 bits per heavy atom. The van der Waals surface area contributed by atoms with Gasteiger partial charge >= 0.3 is 0 Å². The molecule has 1 saturated carbocycles. The number of carbonyl (C=O) groups is 2. The van der Waals surface area contributed by atoms with Gasteiger partial charge in [0.1, 0.15) is 6.29 Å². The topological polar surface area (TPSA) is 34.1 Å². The van der Waals surface area contributed by atoms with E-state index in [2.05, 4.69) is 6.92 Å². The highest BCUT2D eigenvalue weighted by atomic mass is 16.1. The van der Waals surface area contributed by atoms with E-state index in [0.717, 1.165) is 24.7 Å². The van der Waals surface area contributed by atoms with Crippen molar-refractivity contribution in [1.82, 2.24) is 0 Å². The van der Waals surface area contributed by atoms with E-state index in [1.165, 1.54) is 0 Å². The van der Waals surface area contributed by atoms with Gasteiger partial charge in [-0.05, 0) is 31.3 Å². The van der Waals surface area contributed by atoms with Crippen molar-refractivity contribution in [2.75, 3.05) is 0 Å². The number of ketones is 1. The molecule has 0 amide bonds. The fourth-order valence-corrected chi connectivity index (χ4v) is 1.56. The second kappa shape index (κ2) is 3.65. The molecular weight excluding hydrogens is 152 g/mol. The normalized spacial score (nSPS) is 28.5. The van der Waals surface area contributed by atoms with Gasteiger partial charge in [-0.1, -0.05) is 6.92 Å². The van der Waals surface area contributed by atoms with Crippen LogP contribution < -0.4 is 0 Å². The van der Waals surface area contributed by atoms with E-state index in [1.54, 1.807) is 6.92 Å². The van der Waals surface area contributed by atoms with Crippen LogP contribution in [0.25, 0.3) is 0 Å². The Bertz CT molecular complexity index is 238. The number of rotatable bonds is 1. The first-order valence-electron chi connectivity index (χ1n) is 4.33. The smallest absolute Gasteiger partial charge is 0.159 e. The molecule has 0 bridgehead atoms. The quantitative estimate of drug-likeness (QED) is 0.440. The molecule has 1 atom stereocenters. The van der Waals surface area contributed by atoms with Gasteiger partial charge < -0.3 is 0 Å². The molecule has 0 aromatic heterocycles. The van der Waals surface area contributed by atoms with E-state index in [4.69, 9.17) is 0 Å². The van der Waals surface area contributed by atoms with Crippen LogP contribution in [0.3, 0.4) is 0 Å². The highest BCUT2D eigenvalue weighted by Gasteiger charge is 2.21. The third-order valence-electron chi connectivity index (χ3n) is 2.41. The average Bonchev–Trinajstić information content (AvgIpc) is 2.03. The monoisotopic (exact) mass is 166 g/mol. The lowest BCUT2D eigenvalue weighted by Crippen LogP contribution is -2.16. The van der Waals surface area contributed by atoms with Crippen LogP contribution in [-0.2, 0) is 9.59 Å². The van der Waals surface area contributed by atoms with Gasteiger partial charge in [-0.2, -0.15) is 0 Å². The van der Waals surface area contributed by atoms with Crippen LogP contribution >= 0.6 is 0 Å². The van der Waals surface area contributed by atoms with Gasteiger partial charge in [0.15, 0.2) is 5.78 Å². The van der Waals surface area contributed by atoms with Crippen molar-refractivity contribution in [2.45, 2.75) is 33.1 Å². The minimum absolute atomic E-state index is 0.165. The van der Waals surface area contributed by atoms with Crippen molar-refractivity contribution in [3.8, 4) is 0 Å². The second-order valence-electron chi connectivity index (χ2n) is 3.55. The Hall–Kier alpha value is -0.920. The van der Waals surface area contributed by atoms with Gasteiger partial charge in [0.25, 0.3) is 0 Å². The zero-order valence-electron chi connectivity index (χ0n) is 7.59. The summed E-state index contributed by atoms with van der Waals surface area (Å²) in [5, 5.41) is 0. The van der Waals surface area contributed by atoms with Crippen LogP contribution in [0.5, 0.6) is 0 Å². The first-order valence-corrected chi connectivity index (χ1v) is 4.33. The molecule has 1 fully saturated rings. The summed E-state index contributed by atoms with van der Waals surface area (Å²) in [6.07, 6.45) is 3.21. The molecule has 0 saturated heterocycles. The third kappa shape index (κ3) is 1.81. The Kier molecular flexibility index (Phi) is 2.79. The summed E-state index contributed by atoms with van der Waals surface area (Å²) in [6.45, 7) is 3.79. The molecule has 0 spiro atoms. The van der Waals surface area contributed by atoms with Crippen LogP contribution in [0.1, 0.15) is 33.1 Å². The van der Waals surface area contributed by atoms with E-state index in [-0.39, 0.29) is 5.78 Å². The number of carbonyl (C=O) groups excluding carboxylic acids is 2. The van der Waals surface area contributed by atoms with Crippen molar-refractivity contribution in [1.29, 1.82) is 0 Å². The first kappa shape index (κ1) is 9.17. The predicted molar refractivity (Wildman–Crippen MR) is 46.8 cm³/mol. The van der Waals surface area contributed by atoms with E-state index >= 15 is 0 Å². The van der Waals surface area contributed by atoms with Gasteiger partial charge in [-0.3, -0.25) is 9.59 Å². The Labute approximate surface area is 72.7 Å². The second-order valence-corrected chi connectivity index (χ2v) is 3.55. The molecule has 1 aliphatic carbocycles. The highest BCUT2D eigenvalue weighted by molar-refractivity contribution is 6.00. The average molecular weight is 166 g/mol. The van der Waals surface area contributed by atoms with Crippen molar-refractivity contribution in [3.05, 3.63) is 11.1 Å². The number of aldehydes is 1. The Balaban J connectivity index is 2.81. The van der Waals surface area contributed by atoms with Crippen LogP contribution in [-0.4, -0.2) is 12.1 Å². The molecule has 12 heavy (non-hydrogen) atoms. The lowest BCUT2D eigenvalue weighted by atomic mass is 9.84. The summed E-state index contributed by atoms with van der Waals surface area (Å²) in [5.41, 5.74) is 1.37. The predicted octanol–water partition coefficient (Wildman–Crippen LogP) is 1.89. The number of Topliss-reactive ketones (excluding diaryl/α,β-unsaturated/α-hetero) is 1. The Morgan fingerprint density at radius 1 is 1.58 bits per heavy atom. The maximum atomic E-state index is 11.4. The standard InChI is InChI=1S/C10H14O2/c1-7-3-4-9(8(2)6-11)10(12)5-7/h6-7H,3-5H2,1-2H3/t7-/m1/s1. The largest absolute Gasteiger partial charge is 0.298 e. The van der Waals surface area contributed by atoms with Crippen LogP contribution in [0, 0.1) is 5.92 Å². The summed E-state index contributed by atoms with van der Waals surface area (Å²) >= 11 is 0. The number of hydrogen-bond acceptors (Lipinski definition) is 2. The van der Waals surface area contributed by atoms with Gasteiger partial charge in [0, 0.05) is 12.0 Å². The molecule has 0 radical (unpaired) electrons. The molecule has 66 valence electrons. The fourth-order valence-electron chi connectivity index (χ4n) is 1.56. The van der Waals surface area contributed by atoms with Crippen LogP contribution in [0.2, 0.25) is 0 Å². The number of allylic oxidation sites excluding steroid dienone is 2. The minimum Gasteiger partial charge on any atom is -0.298 e. The first-order chi connectivity index (χ1) is 5.65. The molecule has 0 N–H and O–H groups in total. The summed E-state index contributed by atoms with van der Waals surface area (Å²) in [6, 6.07) is 0. The maximum absolute atomic E-state index is 11.4. The minimum atomic E-state index is 0.165. The van der Waals surface area contributed by atoms with E-state index < -0.39 is 0 Å². The lowest BCUT2D eigenvalue weighted by Gasteiger charge is -2.19. The van der Waals surface area contributed by atoms with Crippen molar-refractivity contribution < 1.29 is 9.59 Å². The third-order valence-corrected chi connectivity index (χ3v) is 2.41. The zero-order chi connectivity index (χ0) is 9.14. The summed E-state index contributed by atoms with van der Waals surface area (Å²) in [7, 11) is 0. The van der Waals surface area contributed by atoms with Crippen LogP contribution in [0.15, 0.2) is 11.1 Å². The van der Waals surface area contributed by atoms with E-state index in [1.807, 2.05) is 0 Å². The van der Waals surface area contributed by atoms with Crippen LogP contribution in [0.4, 0.5) is 0 Å². The summed E-state index contributed by atoms with van der Waals surface area (Å²) in [5.74, 6) is 0.652. The molecule has 0 unspecified atom stereocenters. The molecular formula is C10H14O2. The molecule has 2 heteroatoms. The maximum Gasteiger partial charge on any atom is 0.159 e. The molecule has 2 nitrogen and oxygen atoms in total. The van der Waals surface area contributed by atoms with E-state index in [9.17, 15) is 9.59 Å². The summed E-state index contributed by atoms with van der Waals surface area (Å²) < 4.78 is 0. The highest BCUT2D eigenvalue weighted by Crippen LogP contribution is 2.26.